The van der Waals surface area contributed by atoms with E-state index in [2.05, 4.69) is 6.07 Å². The van der Waals surface area contributed by atoms with Gasteiger partial charge in [0.15, 0.2) is 11.5 Å². The second kappa shape index (κ2) is 10.0. The Morgan fingerprint density at radius 1 is 1.11 bits per heavy atom. The number of likely N-dealkylation sites (N-methyl/N-ethyl adjacent to an activating group) is 1. The lowest BCUT2D eigenvalue weighted by Crippen LogP contribution is -2.24. The van der Waals surface area contributed by atoms with Crippen molar-refractivity contribution in [2.24, 2.45) is 0 Å². The van der Waals surface area contributed by atoms with Crippen molar-refractivity contribution < 1.29 is 14.3 Å². The minimum atomic E-state index is -0.121. The summed E-state index contributed by atoms with van der Waals surface area (Å²) < 4.78 is 11.2. The fraction of sp³-hybridized carbons (Fsp3) is 0.273. The van der Waals surface area contributed by atoms with E-state index in [1.165, 1.54) is 6.08 Å². The molecule has 140 valence electrons. The molecule has 0 heterocycles. The van der Waals surface area contributed by atoms with Gasteiger partial charge in [0.2, 0.25) is 5.91 Å². The van der Waals surface area contributed by atoms with Gasteiger partial charge in [-0.15, -0.1) is 0 Å². The number of benzene rings is 2. The third kappa shape index (κ3) is 5.89. The van der Waals surface area contributed by atoms with E-state index in [1.54, 1.807) is 30.2 Å². The van der Waals surface area contributed by atoms with E-state index < -0.39 is 0 Å². The number of nitriles is 1. The van der Waals surface area contributed by atoms with Crippen LogP contribution in [0.5, 0.6) is 11.5 Å². The van der Waals surface area contributed by atoms with Gasteiger partial charge in [0.05, 0.1) is 24.8 Å². The Bertz CT molecular complexity index is 853. The van der Waals surface area contributed by atoms with E-state index in [0.29, 0.717) is 36.8 Å². The van der Waals surface area contributed by atoms with Crippen LogP contribution in [0.25, 0.3) is 6.08 Å². The van der Waals surface area contributed by atoms with Crippen LogP contribution in [0.4, 0.5) is 0 Å². The van der Waals surface area contributed by atoms with E-state index in [-0.39, 0.29) is 5.91 Å². The van der Waals surface area contributed by atoms with Crippen molar-refractivity contribution in [2.45, 2.75) is 20.4 Å². The standard InChI is InChI=1S/C22H24N2O3/c1-4-26-20-11-9-17(14-21(20)27-5-2)10-12-22(25)24(3)16-19-8-6-7-18(13-19)15-23/h6-14H,4-5,16H2,1-3H3/b12-10+. The lowest BCUT2D eigenvalue weighted by molar-refractivity contribution is -0.125. The lowest BCUT2D eigenvalue weighted by Gasteiger charge is -2.15. The number of carbonyl (C=O) groups is 1. The number of hydrogen-bond donors (Lipinski definition) is 0. The number of hydrogen-bond acceptors (Lipinski definition) is 4. The van der Waals surface area contributed by atoms with Gasteiger partial charge in [-0.1, -0.05) is 18.2 Å². The summed E-state index contributed by atoms with van der Waals surface area (Å²) in [7, 11) is 1.73. The summed E-state index contributed by atoms with van der Waals surface area (Å²) in [5, 5.41) is 8.97. The van der Waals surface area contributed by atoms with E-state index in [1.807, 2.05) is 44.2 Å². The van der Waals surface area contributed by atoms with Gasteiger partial charge in [-0.25, -0.2) is 0 Å². The number of nitrogens with zero attached hydrogens (tertiary/aromatic N) is 2. The summed E-state index contributed by atoms with van der Waals surface area (Å²) in [6, 6.07) is 14.9. The number of rotatable bonds is 8. The third-order valence-electron chi connectivity index (χ3n) is 3.84. The summed E-state index contributed by atoms with van der Waals surface area (Å²) in [5.41, 5.74) is 2.36. The molecule has 27 heavy (non-hydrogen) atoms. The van der Waals surface area contributed by atoms with Crippen LogP contribution < -0.4 is 9.47 Å². The average molecular weight is 364 g/mol. The van der Waals surface area contributed by atoms with Crippen LogP contribution >= 0.6 is 0 Å². The Kier molecular flexibility index (Phi) is 7.45. The number of carbonyl (C=O) groups excluding carboxylic acids is 1. The van der Waals surface area contributed by atoms with Gasteiger partial charge in [0, 0.05) is 19.7 Å². The van der Waals surface area contributed by atoms with Crippen LogP contribution in [0.15, 0.2) is 48.5 Å². The van der Waals surface area contributed by atoms with Gasteiger partial charge in [-0.05, 0) is 55.3 Å². The minimum absolute atomic E-state index is 0.121. The summed E-state index contributed by atoms with van der Waals surface area (Å²) >= 11 is 0. The first-order chi connectivity index (χ1) is 13.1. The summed E-state index contributed by atoms with van der Waals surface area (Å²) in [4.78, 5) is 14.0. The number of ether oxygens (including phenoxy) is 2. The van der Waals surface area contributed by atoms with E-state index in [4.69, 9.17) is 14.7 Å². The first kappa shape index (κ1) is 20.1. The Labute approximate surface area is 160 Å². The zero-order chi connectivity index (χ0) is 19.6. The van der Waals surface area contributed by atoms with Crippen molar-refractivity contribution in [1.82, 2.24) is 4.90 Å². The third-order valence-corrected chi connectivity index (χ3v) is 3.84. The Hall–Kier alpha value is -3.26. The maximum Gasteiger partial charge on any atom is 0.246 e. The number of amides is 1. The van der Waals surface area contributed by atoms with Crippen LogP contribution in [0.3, 0.4) is 0 Å². The SMILES string of the molecule is CCOc1ccc(/C=C/C(=O)N(C)Cc2cccc(C#N)c2)cc1OCC. The molecule has 0 N–H and O–H groups in total. The van der Waals surface area contributed by atoms with Crippen molar-refractivity contribution >= 4 is 12.0 Å². The second-order valence-corrected chi connectivity index (χ2v) is 5.91. The maximum atomic E-state index is 12.4. The zero-order valence-corrected chi connectivity index (χ0v) is 15.9. The predicted octanol–water partition coefficient (Wildman–Crippen LogP) is 4.03. The highest BCUT2D eigenvalue weighted by atomic mass is 16.5. The highest BCUT2D eigenvalue weighted by Gasteiger charge is 2.08. The Morgan fingerprint density at radius 3 is 2.56 bits per heavy atom. The molecule has 0 aromatic heterocycles. The summed E-state index contributed by atoms with van der Waals surface area (Å²) in [6.45, 7) is 5.37. The molecule has 0 radical (unpaired) electrons. The molecule has 0 saturated carbocycles. The molecule has 0 aliphatic carbocycles. The summed E-state index contributed by atoms with van der Waals surface area (Å²) in [6.07, 6.45) is 3.28. The monoisotopic (exact) mass is 364 g/mol. The van der Waals surface area contributed by atoms with Crippen molar-refractivity contribution in [3.63, 3.8) is 0 Å². The van der Waals surface area contributed by atoms with Crippen LogP contribution in [-0.4, -0.2) is 31.1 Å². The molecule has 0 aliphatic heterocycles. The quantitative estimate of drug-likeness (QED) is 0.664. The average Bonchev–Trinajstić information content (AvgIpc) is 2.68. The van der Waals surface area contributed by atoms with E-state index in [9.17, 15) is 4.79 Å². The molecule has 0 fully saturated rings. The molecule has 5 heteroatoms. The first-order valence-electron chi connectivity index (χ1n) is 8.89. The Morgan fingerprint density at radius 2 is 1.85 bits per heavy atom. The molecule has 0 spiro atoms. The van der Waals surface area contributed by atoms with Gasteiger partial charge in [0.25, 0.3) is 0 Å². The molecule has 2 aromatic rings. The van der Waals surface area contributed by atoms with Crippen LogP contribution in [0.2, 0.25) is 0 Å². The summed E-state index contributed by atoms with van der Waals surface area (Å²) in [5.74, 6) is 1.23. The Balaban J connectivity index is 2.06. The molecule has 2 aromatic carbocycles. The molecule has 0 bridgehead atoms. The van der Waals surface area contributed by atoms with Crippen molar-refractivity contribution in [2.75, 3.05) is 20.3 Å². The van der Waals surface area contributed by atoms with Crippen LogP contribution in [-0.2, 0) is 11.3 Å². The lowest BCUT2D eigenvalue weighted by atomic mass is 10.1. The largest absolute Gasteiger partial charge is 0.490 e. The first-order valence-corrected chi connectivity index (χ1v) is 8.89. The van der Waals surface area contributed by atoms with Gasteiger partial charge in [0.1, 0.15) is 0 Å². The van der Waals surface area contributed by atoms with Crippen molar-refractivity contribution in [1.29, 1.82) is 5.26 Å². The smallest absolute Gasteiger partial charge is 0.246 e. The second-order valence-electron chi connectivity index (χ2n) is 5.91. The molecule has 0 atom stereocenters. The topological polar surface area (TPSA) is 62.6 Å². The molecule has 0 saturated heterocycles. The van der Waals surface area contributed by atoms with Crippen molar-refractivity contribution in [3.05, 3.63) is 65.2 Å². The van der Waals surface area contributed by atoms with Gasteiger partial charge in [-0.3, -0.25) is 4.79 Å². The predicted molar refractivity (Wildman–Crippen MR) is 105 cm³/mol. The van der Waals surface area contributed by atoms with Crippen LogP contribution in [0, 0.1) is 11.3 Å². The highest BCUT2D eigenvalue weighted by molar-refractivity contribution is 5.91. The molecule has 0 aliphatic rings. The van der Waals surface area contributed by atoms with Crippen molar-refractivity contribution in [3.8, 4) is 17.6 Å². The molecular weight excluding hydrogens is 340 g/mol. The highest BCUT2D eigenvalue weighted by Crippen LogP contribution is 2.29. The van der Waals surface area contributed by atoms with E-state index in [0.717, 1.165) is 11.1 Å². The molecule has 5 nitrogen and oxygen atoms in total. The fourth-order valence-electron chi connectivity index (χ4n) is 2.56. The molecule has 2 rings (SSSR count). The fourth-order valence-corrected chi connectivity index (χ4v) is 2.56. The molecular formula is C22H24N2O3. The minimum Gasteiger partial charge on any atom is -0.490 e. The van der Waals surface area contributed by atoms with Gasteiger partial charge < -0.3 is 14.4 Å². The maximum absolute atomic E-state index is 12.4. The molecule has 1 amide bonds. The van der Waals surface area contributed by atoms with Crippen LogP contribution in [0.1, 0.15) is 30.5 Å². The van der Waals surface area contributed by atoms with Gasteiger partial charge >= 0.3 is 0 Å². The molecule has 0 unspecified atom stereocenters. The van der Waals surface area contributed by atoms with Gasteiger partial charge in [-0.2, -0.15) is 5.26 Å². The zero-order valence-electron chi connectivity index (χ0n) is 15.9. The normalized spacial score (nSPS) is 10.4. The van der Waals surface area contributed by atoms with E-state index >= 15 is 0 Å².